The zero-order chi connectivity index (χ0) is 37.0. The molecule has 0 saturated heterocycles. The predicted molar refractivity (Wildman–Crippen MR) is 236 cm³/mol. The number of hydrogen-bond acceptors (Lipinski definition) is 3. The molecule has 0 aliphatic carbocycles. The second kappa shape index (κ2) is 13.3. The lowest BCUT2D eigenvalue weighted by Crippen LogP contribution is -1.96. The van der Waals surface area contributed by atoms with Crippen LogP contribution in [-0.4, -0.2) is 14.5 Å². The summed E-state index contributed by atoms with van der Waals surface area (Å²) < 4.78 is 5.06. The van der Waals surface area contributed by atoms with Crippen LogP contribution in [0.15, 0.2) is 200 Å². The fraction of sp³-hybridized carbons (Fsp3) is 0. The van der Waals surface area contributed by atoms with Gasteiger partial charge < -0.3 is 4.57 Å². The Bertz CT molecular complexity index is 3190. The third-order valence-corrected chi connectivity index (χ3v) is 12.0. The monoisotopic (exact) mass is 731 g/mol. The Morgan fingerprint density at radius 2 is 0.946 bits per heavy atom. The van der Waals surface area contributed by atoms with Gasteiger partial charge in [0.15, 0.2) is 5.82 Å². The van der Waals surface area contributed by atoms with Crippen LogP contribution >= 0.6 is 11.3 Å². The summed E-state index contributed by atoms with van der Waals surface area (Å²) >= 11 is 1.87. The molecule has 0 fully saturated rings. The third kappa shape index (κ3) is 5.50. The molecule has 0 atom stereocenters. The maximum Gasteiger partial charge on any atom is 0.160 e. The quantitative estimate of drug-likeness (QED) is 0.170. The summed E-state index contributed by atoms with van der Waals surface area (Å²) in [5.74, 6) is 0.705. The Morgan fingerprint density at radius 1 is 0.357 bits per heavy atom. The van der Waals surface area contributed by atoms with E-state index in [1.807, 2.05) is 23.5 Å². The fourth-order valence-electron chi connectivity index (χ4n) is 8.15. The summed E-state index contributed by atoms with van der Waals surface area (Å²) in [5.41, 5.74) is 13.2. The third-order valence-electron chi connectivity index (χ3n) is 10.8. The molecule has 0 bridgehead atoms. The lowest BCUT2D eigenvalue weighted by molar-refractivity contribution is 1.18. The second-order valence-electron chi connectivity index (χ2n) is 14.2. The molecule has 4 heteroatoms. The van der Waals surface area contributed by atoms with Crippen molar-refractivity contribution in [2.45, 2.75) is 0 Å². The SMILES string of the molecule is c1ccc(-c2cc(-c3ccccc3)nc(-c3cccc(-c4ccc5c(c4)c4ccccc4n5-c4cccc(-c5cccc6c5sc5ccccc56)c4)c3)n2)cc1. The van der Waals surface area contributed by atoms with Crippen molar-refractivity contribution in [2.24, 2.45) is 0 Å². The van der Waals surface area contributed by atoms with E-state index in [9.17, 15) is 0 Å². The Hall–Kier alpha value is -7.14. The summed E-state index contributed by atoms with van der Waals surface area (Å²) in [5, 5.41) is 5.08. The van der Waals surface area contributed by atoms with E-state index in [1.54, 1.807) is 0 Å². The Morgan fingerprint density at radius 3 is 1.75 bits per heavy atom. The van der Waals surface area contributed by atoms with Crippen LogP contribution in [0.5, 0.6) is 0 Å². The van der Waals surface area contributed by atoms with Crippen molar-refractivity contribution >= 4 is 53.3 Å². The highest BCUT2D eigenvalue weighted by Crippen LogP contribution is 2.41. The zero-order valence-corrected chi connectivity index (χ0v) is 31.1. The first-order valence-corrected chi connectivity index (χ1v) is 19.7. The van der Waals surface area contributed by atoms with Crippen LogP contribution < -0.4 is 0 Å². The van der Waals surface area contributed by atoms with Gasteiger partial charge in [0, 0.05) is 53.3 Å². The molecule has 3 aromatic heterocycles. The largest absolute Gasteiger partial charge is 0.309 e. The molecule has 0 radical (unpaired) electrons. The highest BCUT2D eigenvalue weighted by atomic mass is 32.1. The minimum atomic E-state index is 0.705. The van der Waals surface area contributed by atoms with Crippen LogP contribution in [-0.2, 0) is 0 Å². The normalized spacial score (nSPS) is 11.6. The van der Waals surface area contributed by atoms with Crippen molar-refractivity contribution in [3.63, 3.8) is 0 Å². The molecular formula is C52H33N3S. The maximum atomic E-state index is 5.10. The first kappa shape index (κ1) is 32.3. The standard InChI is InChI=1S/C52H33N3S/c1-3-14-34(15-4-1)46-33-47(35-16-5-2-6-17-35)54-52(53-46)39-20-11-18-36(30-39)37-28-29-49-45(32-37)42-22-7-9-26-48(42)55(49)40-21-12-19-38(31-40)41-24-13-25-44-43-23-8-10-27-50(43)56-51(41)44/h1-33H. The van der Waals surface area contributed by atoms with Crippen LogP contribution in [0.1, 0.15) is 0 Å². The van der Waals surface area contributed by atoms with Gasteiger partial charge in [0.05, 0.1) is 22.4 Å². The van der Waals surface area contributed by atoms with E-state index in [0.717, 1.165) is 44.9 Å². The summed E-state index contributed by atoms with van der Waals surface area (Å²) in [4.78, 5) is 10.2. The summed E-state index contributed by atoms with van der Waals surface area (Å²) in [7, 11) is 0. The van der Waals surface area contributed by atoms with E-state index in [-0.39, 0.29) is 0 Å². The maximum absolute atomic E-state index is 5.10. The lowest BCUT2D eigenvalue weighted by atomic mass is 10.00. The van der Waals surface area contributed by atoms with Gasteiger partial charge in [0.25, 0.3) is 0 Å². The number of thiophene rings is 1. The van der Waals surface area contributed by atoms with Crippen molar-refractivity contribution in [2.75, 3.05) is 0 Å². The van der Waals surface area contributed by atoms with E-state index in [1.165, 1.54) is 53.1 Å². The molecule has 0 aliphatic rings. The molecule has 56 heavy (non-hydrogen) atoms. The van der Waals surface area contributed by atoms with Gasteiger partial charge >= 0.3 is 0 Å². The minimum absolute atomic E-state index is 0.705. The average Bonchev–Trinajstić information content (AvgIpc) is 3.83. The van der Waals surface area contributed by atoms with E-state index in [2.05, 4.69) is 193 Å². The van der Waals surface area contributed by atoms with E-state index in [4.69, 9.17) is 9.97 Å². The van der Waals surface area contributed by atoms with Gasteiger partial charge in [-0.2, -0.15) is 0 Å². The lowest BCUT2D eigenvalue weighted by Gasteiger charge is -2.12. The number of rotatable bonds is 6. The molecular weight excluding hydrogens is 699 g/mol. The van der Waals surface area contributed by atoms with Gasteiger partial charge in [-0.3, -0.25) is 0 Å². The molecule has 0 unspecified atom stereocenters. The molecule has 8 aromatic carbocycles. The highest BCUT2D eigenvalue weighted by molar-refractivity contribution is 7.26. The van der Waals surface area contributed by atoms with Gasteiger partial charge in [0.2, 0.25) is 0 Å². The number of nitrogens with zero attached hydrogens (tertiary/aromatic N) is 3. The number of para-hydroxylation sites is 1. The zero-order valence-electron chi connectivity index (χ0n) is 30.3. The summed E-state index contributed by atoms with van der Waals surface area (Å²) in [6, 6.07) is 71.4. The summed E-state index contributed by atoms with van der Waals surface area (Å²) in [6.45, 7) is 0. The van der Waals surface area contributed by atoms with Gasteiger partial charge in [-0.15, -0.1) is 11.3 Å². The molecule has 262 valence electrons. The molecule has 3 nitrogen and oxygen atoms in total. The second-order valence-corrected chi connectivity index (χ2v) is 15.2. The number of fused-ring (bicyclic) bond motifs is 6. The molecule has 3 heterocycles. The minimum Gasteiger partial charge on any atom is -0.309 e. The number of aromatic nitrogens is 3. The Kier molecular flexibility index (Phi) is 7.68. The van der Waals surface area contributed by atoms with E-state index in [0.29, 0.717) is 5.82 Å². The Labute approximate surface area is 328 Å². The smallest absolute Gasteiger partial charge is 0.160 e. The van der Waals surface area contributed by atoms with Crippen LogP contribution in [0, 0.1) is 0 Å². The van der Waals surface area contributed by atoms with Crippen molar-refractivity contribution in [3.8, 4) is 61.8 Å². The van der Waals surface area contributed by atoms with Crippen LogP contribution in [0.4, 0.5) is 0 Å². The van der Waals surface area contributed by atoms with Gasteiger partial charge in [0.1, 0.15) is 0 Å². The Balaban J connectivity index is 1.02. The van der Waals surface area contributed by atoms with Gasteiger partial charge in [-0.25, -0.2) is 9.97 Å². The average molecular weight is 732 g/mol. The topological polar surface area (TPSA) is 30.7 Å². The molecule has 0 saturated carbocycles. The van der Waals surface area contributed by atoms with Gasteiger partial charge in [-0.05, 0) is 70.8 Å². The highest BCUT2D eigenvalue weighted by Gasteiger charge is 2.17. The number of hydrogen-bond donors (Lipinski definition) is 0. The van der Waals surface area contributed by atoms with E-state index >= 15 is 0 Å². The molecule has 0 aliphatic heterocycles. The molecule has 0 amide bonds. The fourth-order valence-corrected chi connectivity index (χ4v) is 9.38. The van der Waals surface area contributed by atoms with Crippen LogP contribution in [0.2, 0.25) is 0 Å². The van der Waals surface area contributed by atoms with Crippen LogP contribution in [0.25, 0.3) is 104 Å². The van der Waals surface area contributed by atoms with Crippen molar-refractivity contribution in [3.05, 3.63) is 200 Å². The molecule has 0 spiro atoms. The first-order chi connectivity index (χ1) is 27.7. The van der Waals surface area contributed by atoms with Crippen molar-refractivity contribution in [1.82, 2.24) is 14.5 Å². The molecule has 0 N–H and O–H groups in total. The number of benzene rings is 8. The van der Waals surface area contributed by atoms with E-state index < -0.39 is 0 Å². The van der Waals surface area contributed by atoms with Gasteiger partial charge in [-0.1, -0.05) is 152 Å². The predicted octanol–water partition coefficient (Wildman–Crippen LogP) is 14.3. The first-order valence-electron chi connectivity index (χ1n) is 18.9. The van der Waals surface area contributed by atoms with Crippen molar-refractivity contribution < 1.29 is 0 Å². The molecule has 11 rings (SSSR count). The summed E-state index contributed by atoms with van der Waals surface area (Å²) in [6.07, 6.45) is 0. The molecule has 11 aromatic rings. The van der Waals surface area contributed by atoms with Crippen molar-refractivity contribution in [1.29, 1.82) is 0 Å². The van der Waals surface area contributed by atoms with Crippen LogP contribution in [0.3, 0.4) is 0 Å².